The molecule has 1 saturated carbocycles. The third-order valence-corrected chi connectivity index (χ3v) is 2.07. The monoisotopic (exact) mass is 214 g/mol. The third kappa shape index (κ3) is 4.19. The van der Waals surface area contributed by atoms with Crippen LogP contribution in [-0.4, -0.2) is 23.1 Å². The molecule has 0 heterocycles. The van der Waals surface area contributed by atoms with Gasteiger partial charge in [0, 0.05) is 0 Å². The van der Waals surface area contributed by atoms with Crippen molar-refractivity contribution in [3.8, 4) is 0 Å². The molecule has 0 aromatic heterocycles. The van der Waals surface area contributed by atoms with Gasteiger partial charge in [-0.05, 0) is 0 Å². The van der Waals surface area contributed by atoms with E-state index in [9.17, 15) is 0 Å². The van der Waals surface area contributed by atoms with Crippen molar-refractivity contribution in [2.45, 2.75) is 33.1 Å². The molecule has 0 spiro atoms. The van der Waals surface area contributed by atoms with E-state index >= 15 is 0 Å². The number of halogens is 1. The molecule has 1 aliphatic carbocycles. The minimum atomic E-state index is 0. The van der Waals surface area contributed by atoms with Gasteiger partial charge in [0.15, 0.2) is 0 Å². The predicted molar refractivity (Wildman–Crippen MR) is 42.2 cm³/mol. The molecule has 0 radical (unpaired) electrons. The summed E-state index contributed by atoms with van der Waals surface area (Å²) in [5, 5.41) is 0. The average molecular weight is 215 g/mol. The standard InChI is InChI=1S/C8H15.BrH.Mg/c1-7(2)8-5-3-4-6-8;;/h5,7-8H,3-4,6H2,1-2H3;1H;/q-1;;+2/p-1. The Morgan fingerprint density at radius 1 is 1.40 bits per heavy atom. The van der Waals surface area contributed by atoms with Crippen LogP contribution in [-0.2, 0) is 0 Å². The van der Waals surface area contributed by atoms with Crippen LogP contribution in [0, 0.1) is 18.3 Å². The number of hydrogen-bond donors (Lipinski definition) is 0. The summed E-state index contributed by atoms with van der Waals surface area (Å²) < 4.78 is 0. The van der Waals surface area contributed by atoms with Crippen LogP contribution in [0.4, 0.5) is 0 Å². The Kier molecular flexibility index (Phi) is 9.57. The van der Waals surface area contributed by atoms with Gasteiger partial charge in [0.25, 0.3) is 0 Å². The maximum Gasteiger partial charge on any atom is 2.00 e. The van der Waals surface area contributed by atoms with E-state index in [-0.39, 0.29) is 40.0 Å². The van der Waals surface area contributed by atoms with Crippen LogP contribution < -0.4 is 17.0 Å². The van der Waals surface area contributed by atoms with Gasteiger partial charge in [-0.15, -0.1) is 0 Å². The van der Waals surface area contributed by atoms with Gasteiger partial charge in [0.05, 0.1) is 0 Å². The Labute approximate surface area is 91.1 Å². The predicted octanol–water partition coefficient (Wildman–Crippen LogP) is -0.730. The van der Waals surface area contributed by atoms with Gasteiger partial charge in [0.2, 0.25) is 0 Å². The first-order valence-corrected chi connectivity index (χ1v) is 3.64. The van der Waals surface area contributed by atoms with Crippen molar-refractivity contribution < 1.29 is 17.0 Å². The summed E-state index contributed by atoms with van der Waals surface area (Å²) in [7, 11) is 0. The Balaban J connectivity index is 0. The minimum Gasteiger partial charge on any atom is -1.00 e. The summed E-state index contributed by atoms with van der Waals surface area (Å²) in [5.74, 6) is 1.83. The van der Waals surface area contributed by atoms with E-state index < -0.39 is 0 Å². The van der Waals surface area contributed by atoms with Gasteiger partial charge in [-0.25, -0.2) is 0 Å². The second-order valence-electron chi connectivity index (χ2n) is 3.07. The zero-order valence-corrected chi connectivity index (χ0v) is 9.94. The molecule has 0 bridgehead atoms. The third-order valence-electron chi connectivity index (χ3n) is 2.07. The molecular weight excluding hydrogens is 200 g/mol. The summed E-state index contributed by atoms with van der Waals surface area (Å²) in [4.78, 5) is 0. The quantitative estimate of drug-likeness (QED) is 0.400. The Bertz CT molecular complexity index is 67.7. The van der Waals surface area contributed by atoms with Crippen molar-refractivity contribution in [3.63, 3.8) is 0 Å². The van der Waals surface area contributed by atoms with E-state index in [4.69, 9.17) is 0 Å². The van der Waals surface area contributed by atoms with Gasteiger partial charge in [-0.2, -0.15) is 12.3 Å². The molecule has 1 rings (SSSR count). The average Bonchev–Trinajstić information content (AvgIpc) is 2.12. The topological polar surface area (TPSA) is 0 Å². The first-order valence-electron chi connectivity index (χ1n) is 3.64. The Morgan fingerprint density at radius 2 is 2.00 bits per heavy atom. The number of rotatable bonds is 1. The largest absolute Gasteiger partial charge is 2.00 e. The Hall–Kier alpha value is 1.25. The molecule has 56 valence electrons. The van der Waals surface area contributed by atoms with Crippen LogP contribution in [0.25, 0.3) is 0 Å². The van der Waals surface area contributed by atoms with Crippen LogP contribution in [0.5, 0.6) is 0 Å². The van der Waals surface area contributed by atoms with Crippen LogP contribution in [0.2, 0.25) is 0 Å². The molecule has 2 heteroatoms. The van der Waals surface area contributed by atoms with E-state index in [1.54, 1.807) is 0 Å². The van der Waals surface area contributed by atoms with Crippen molar-refractivity contribution in [1.29, 1.82) is 0 Å². The van der Waals surface area contributed by atoms with Crippen molar-refractivity contribution in [2.24, 2.45) is 11.8 Å². The molecular formula is C8H15BrMg. The van der Waals surface area contributed by atoms with E-state index in [1.807, 2.05) is 0 Å². The van der Waals surface area contributed by atoms with Crippen LogP contribution in [0.1, 0.15) is 33.1 Å². The van der Waals surface area contributed by atoms with E-state index in [0.29, 0.717) is 0 Å². The second-order valence-corrected chi connectivity index (χ2v) is 3.07. The van der Waals surface area contributed by atoms with E-state index in [1.165, 1.54) is 19.3 Å². The normalized spacial score (nSPS) is 23.7. The number of hydrogen-bond acceptors (Lipinski definition) is 0. The first-order chi connectivity index (χ1) is 3.80. The second kappa shape index (κ2) is 6.93. The molecule has 1 unspecified atom stereocenters. The summed E-state index contributed by atoms with van der Waals surface area (Å²) in [6.45, 7) is 4.62. The van der Waals surface area contributed by atoms with Gasteiger partial charge in [-0.1, -0.05) is 32.6 Å². The molecule has 1 atom stereocenters. The zero-order chi connectivity index (χ0) is 5.98. The molecule has 0 aromatic carbocycles. The van der Waals surface area contributed by atoms with Crippen molar-refractivity contribution in [2.75, 3.05) is 0 Å². The molecule has 0 saturated heterocycles. The van der Waals surface area contributed by atoms with Gasteiger partial charge >= 0.3 is 23.1 Å². The zero-order valence-electron chi connectivity index (χ0n) is 6.94. The maximum atomic E-state index is 2.48. The Morgan fingerprint density at radius 3 is 2.20 bits per heavy atom. The van der Waals surface area contributed by atoms with E-state index in [0.717, 1.165) is 11.8 Å². The molecule has 0 aliphatic heterocycles. The van der Waals surface area contributed by atoms with Crippen molar-refractivity contribution in [1.82, 2.24) is 0 Å². The van der Waals surface area contributed by atoms with Crippen LogP contribution in [0.3, 0.4) is 0 Å². The van der Waals surface area contributed by atoms with Crippen LogP contribution in [0.15, 0.2) is 0 Å². The molecule has 0 aromatic rings. The van der Waals surface area contributed by atoms with Gasteiger partial charge < -0.3 is 23.4 Å². The van der Waals surface area contributed by atoms with Crippen molar-refractivity contribution >= 4 is 23.1 Å². The van der Waals surface area contributed by atoms with Crippen molar-refractivity contribution in [3.05, 3.63) is 6.42 Å². The minimum absolute atomic E-state index is 0. The fourth-order valence-electron chi connectivity index (χ4n) is 1.41. The van der Waals surface area contributed by atoms with Gasteiger partial charge in [-0.3, -0.25) is 0 Å². The SMILES string of the molecule is CC(C)C1[CH-]CCC1.[Br-].[Mg+2]. The first kappa shape index (κ1) is 13.8. The summed E-state index contributed by atoms with van der Waals surface area (Å²) in [6.07, 6.45) is 6.72. The molecule has 0 N–H and O–H groups in total. The van der Waals surface area contributed by atoms with E-state index in [2.05, 4.69) is 20.3 Å². The molecule has 0 amide bonds. The van der Waals surface area contributed by atoms with Crippen LogP contribution >= 0.6 is 0 Å². The molecule has 0 nitrogen and oxygen atoms in total. The van der Waals surface area contributed by atoms with Gasteiger partial charge in [0.1, 0.15) is 0 Å². The smallest absolute Gasteiger partial charge is 1.00 e. The summed E-state index contributed by atoms with van der Waals surface area (Å²) in [6, 6.07) is 0. The fourth-order valence-corrected chi connectivity index (χ4v) is 1.41. The summed E-state index contributed by atoms with van der Waals surface area (Å²) >= 11 is 0. The fraction of sp³-hybridized carbons (Fsp3) is 0.875. The summed E-state index contributed by atoms with van der Waals surface area (Å²) in [5.41, 5.74) is 0. The molecule has 1 aliphatic rings. The maximum absolute atomic E-state index is 2.48. The molecule has 10 heavy (non-hydrogen) atoms. The molecule has 1 fully saturated rings.